The van der Waals surface area contributed by atoms with Crippen molar-refractivity contribution in [2.75, 3.05) is 11.5 Å². The quantitative estimate of drug-likeness (QED) is 0.839. The van der Waals surface area contributed by atoms with Crippen LogP contribution in [0.2, 0.25) is 5.02 Å². The summed E-state index contributed by atoms with van der Waals surface area (Å²) in [5.41, 5.74) is 13.9. The summed E-state index contributed by atoms with van der Waals surface area (Å²) >= 11 is 5.81. The summed E-state index contributed by atoms with van der Waals surface area (Å²) in [7, 11) is 0. The summed E-state index contributed by atoms with van der Waals surface area (Å²) in [4.78, 5) is 0. The lowest BCUT2D eigenvalue weighted by Gasteiger charge is -2.04. The van der Waals surface area contributed by atoms with Crippen molar-refractivity contribution in [2.24, 2.45) is 0 Å². The van der Waals surface area contributed by atoms with E-state index >= 15 is 0 Å². The van der Waals surface area contributed by atoms with Gasteiger partial charge in [-0.15, -0.1) is 0 Å². The summed E-state index contributed by atoms with van der Waals surface area (Å²) in [5.74, 6) is 0.381. The fourth-order valence-electron chi connectivity index (χ4n) is 1.50. The van der Waals surface area contributed by atoms with Gasteiger partial charge in [0.05, 0.1) is 17.9 Å². The molecular formula is C11H13ClN4. The Morgan fingerprint density at radius 3 is 2.38 bits per heavy atom. The van der Waals surface area contributed by atoms with Crippen molar-refractivity contribution in [3.8, 4) is 0 Å². The van der Waals surface area contributed by atoms with Crippen LogP contribution in [-0.2, 0) is 6.54 Å². The number of nitrogens with zero attached hydrogens (tertiary/aromatic N) is 2. The molecule has 16 heavy (non-hydrogen) atoms. The van der Waals surface area contributed by atoms with Gasteiger partial charge >= 0.3 is 0 Å². The molecule has 0 aliphatic heterocycles. The molecule has 0 bridgehead atoms. The van der Waals surface area contributed by atoms with Crippen molar-refractivity contribution in [3.05, 3.63) is 40.5 Å². The first-order valence-corrected chi connectivity index (χ1v) is 5.28. The third-order valence-electron chi connectivity index (χ3n) is 2.53. The van der Waals surface area contributed by atoms with Crippen LogP contribution in [0.4, 0.5) is 11.5 Å². The molecule has 1 aromatic carbocycles. The fourth-order valence-corrected chi connectivity index (χ4v) is 1.63. The maximum Gasteiger partial charge on any atom is 0.169 e. The summed E-state index contributed by atoms with van der Waals surface area (Å²) in [6.07, 6.45) is 0. The zero-order valence-corrected chi connectivity index (χ0v) is 9.70. The molecule has 0 radical (unpaired) electrons. The van der Waals surface area contributed by atoms with Crippen LogP contribution in [0.1, 0.15) is 11.3 Å². The number of hydrogen-bond acceptors (Lipinski definition) is 3. The second-order valence-electron chi connectivity index (χ2n) is 3.67. The minimum atomic E-state index is 0.381. The van der Waals surface area contributed by atoms with Crippen molar-refractivity contribution in [1.82, 2.24) is 9.78 Å². The van der Waals surface area contributed by atoms with E-state index < -0.39 is 0 Å². The molecule has 0 saturated carbocycles. The number of anilines is 2. The summed E-state index contributed by atoms with van der Waals surface area (Å²) in [6, 6.07) is 7.61. The molecule has 0 unspecified atom stereocenters. The Hall–Kier alpha value is -1.68. The lowest BCUT2D eigenvalue weighted by Crippen LogP contribution is -2.04. The minimum Gasteiger partial charge on any atom is -0.394 e. The highest BCUT2D eigenvalue weighted by Gasteiger charge is 2.08. The first kappa shape index (κ1) is 10.8. The van der Waals surface area contributed by atoms with Gasteiger partial charge in [0, 0.05) is 5.02 Å². The number of nitrogen functional groups attached to an aromatic ring is 2. The highest BCUT2D eigenvalue weighted by Crippen LogP contribution is 2.19. The molecule has 5 heteroatoms. The van der Waals surface area contributed by atoms with Crippen LogP contribution in [-0.4, -0.2) is 9.78 Å². The molecule has 2 rings (SSSR count). The van der Waals surface area contributed by atoms with Crippen LogP contribution in [0.5, 0.6) is 0 Å². The first-order chi connectivity index (χ1) is 7.58. The van der Waals surface area contributed by atoms with Gasteiger partial charge in [-0.05, 0) is 24.6 Å². The standard InChI is InChI=1S/C11H13ClN4/c1-7-10(13)11(14)15-16(7)6-8-2-4-9(12)5-3-8/h2-5H,6,13H2,1H3,(H2,14,15). The van der Waals surface area contributed by atoms with E-state index in [1.807, 2.05) is 31.2 Å². The van der Waals surface area contributed by atoms with Crippen molar-refractivity contribution in [1.29, 1.82) is 0 Å². The van der Waals surface area contributed by atoms with E-state index in [1.165, 1.54) is 0 Å². The van der Waals surface area contributed by atoms with Gasteiger partial charge in [0.2, 0.25) is 0 Å². The molecule has 0 aliphatic carbocycles. The lowest BCUT2D eigenvalue weighted by atomic mass is 10.2. The molecule has 1 aromatic heterocycles. The predicted molar refractivity (Wildman–Crippen MR) is 66.3 cm³/mol. The monoisotopic (exact) mass is 236 g/mol. The molecule has 0 aliphatic rings. The average molecular weight is 237 g/mol. The van der Waals surface area contributed by atoms with E-state index in [1.54, 1.807) is 4.68 Å². The lowest BCUT2D eigenvalue weighted by molar-refractivity contribution is 0.668. The maximum absolute atomic E-state index is 5.81. The van der Waals surface area contributed by atoms with E-state index in [4.69, 9.17) is 23.1 Å². The molecule has 0 saturated heterocycles. The van der Waals surface area contributed by atoms with Crippen molar-refractivity contribution in [3.63, 3.8) is 0 Å². The van der Waals surface area contributed by atoms with Gasteiger partial charge in [0.15, 0.2) is 5.82 Å². The SMILES string of the molecule is Cc1c(N)c(N)nn1Cc1ccc(Cl)cc1. The van der Waals surface area contributed by atoms with Crippen LogP contribution >= 0.6 is 11.6 Å². The molecule has 0 fully saturated rings. The molecule has 84 valence electrons. The third-order valence-corrected chi connectivity index (χ3v) is 2.78. The smallest absolute Gasteiger partial charge is 0.169 e. The summed E-state index contributed by atoms with van der Waals surface area (Å²) in [5, 5.41) is 4.89. The minimum absolute atomic E-state index is 0.381. The van der Waals surface area contributed by atoms with Gasteiger partial charge in [0.25, 0.3) is 0 Å². The average Bonchev–Trinajstić information content (AvgIpc) is 2.50. The van der Waals surface area contributed by atoms with Gasteiger partial charge < -0.3 is 11.5 Å². The molecule has 0 spiro atoms. The first-order valence-electron chi connectivity index (χ1n) is 4.90. The van der Waals surface area contributed by atoms with Crippen LogP contribution in [0.25, 0.3) is 0 Å². The van der Waals surface area contributed by atoms with Crippen LogP contribution in [0.3, 0.4) is 0 Å². The zero-order valence-electron chi connectivity index (χ0n) is 8.94. The van der Waals surface area contributed by atoms with E-state index in [9.17, 15) is 0 Å². The number of aromatic nitrogens is 2. The van der Waals surface area contributed by atoms with E-state index in [2.05, 4.69) is 5.10 Å². The normalized spacial score (nSPS) is 10.6. The Kier molecular flexibility index (Phi) is 2.75. The van der Waals surface area contributed by atoms with E-state index in [0.29, 0.717) is 18.1 Å². The van der Waals surface area contributed by atoms with Gasteiger partial charge in [-0.2, -0.15) is 5.10 Å². The maximum atomic E-state index is 5.81. The van der Waals surface area contributed by atoms with E-state index in [0.717, 1.165) is 16.3 Å². The fraction of sp³-hybridized carbons (Fsp3) is 0.182. The molecular weight excluding hydrogens is 224 g/mol. The summed E-state index contributed by atoms with van der Waals surface area (Å²) < 4.78 is 1.79. The number of benzene rings is 1. The Bertz CT molecular complexity index is 501. The number of halogens is 1. The van der Waals surface area contributed by atoms with Gasteiger partial charge in [-0.3, -0.25) is 4.68 Å². The highest BCUT2D eigenvalue weighted by atomic mass is 35.5. The molecule has 4 nitrogen and oxygen atoms in total. The molecule has 2 aromatic rings. The second kappa shape index (κ2) is 4.06. The second-order valence-corrected chi connectivity index (χ2v) is 4.10. The predicted octanol–water partition coefficient (Wildman–Crippen LogP) is 2.06. The molecule has 4 N–H and O–H groups in total. The number of nitrogens with two attached hydrogens (primary N) is 2. The van der Waals surface area contributed by atoms with Crippen LogP contribution in [0, 0.1) is 6.92 Å². The Balaban J connectivity index is 2.27. The number of hydrogen-bond donors (Lipinski definition) is 2. The van der Waals surface area contributed by atoms with E-state index in [-0.39, 0.29) is 0 Å². The Morgan fingerprint density at radius 2 is 1.88 bits per heavy atom. The van der Waals surface area contributed by atoms with Gasteiger partial charge in [-0.25, -0.2) is 0 Å². The van der Waals surface area contributed by atoms with Crippen molar-refractivity contribution >= 4 is 23.1 Å². The largest absolute Gasteiger partial charge is 0.394 e. The third kappa shape index (κ3) is 1.97. The zero-order chi connectivity index (χ0) is 11.7. The number of rotatable bonds is 2. The highest BCUT2D eigenvalue weighted by molar-refractivity contribution is 6.30. The van der Waals surface area contributed by atoms with Gasteiger partial charge in [-0.1, -0.05) is 23.7 Å². The molecule has 1 heterocycles. The Morgan fingerprint density at radius 1 is 1.25 bits per heavy atom. The van der Waals surface area contributed by atoms with Crippen LogP contribution < -0.4 is 11.5 Å². The van der Waals surface area contributed by atoms with Crippen LogP contribution in [0.15, 0.2) is 24.3 Å². The topological polar surface area (TPSA) is 69.9 Å². The Labute approximate surface area is 98.8 Å². The molecule has 0 amide bonds. The summed E-state index contributed by atoms with van der Waals surface area (Å²) in [6.45, 7) is 2.54. The molecule has 0 atom stereocenters. The van der Waals surface area contributed by atoms with Crippen molar-refractivity contribution < 1.29 is 0 Å². The van der Waals surface area contributed by atoms with Crippen molar-refractivity contribution in [2.45, 2.75) is 13.5 Å². The van der Waals surface area contributed by atoms with Gasteiger partial charge in [0.1, 0.15) is 0 Å².